The van der Waals surface area contributed by atoms with Gasteiger partial charge in [-0.1, -0.05) is 52.2 Å². The van der Waals surface area contributed by atoms with Crippen molar-refractivity contribution in [3.8, 4) is 0 Å². The van der Waals surface area contributed by atoms with Crippen LogP contribution in [0.25, 0.3) is 0 Å². The molecule has 0 aromatic rings. The Labute approximate surface area is 89.8 Å². The van der Waals surface area contributed by atoms with Crippen molar-refractivity contribution < 1.29 is 0 Å². The van der Waals surface area contributed by atoms with Crippen molar-refractivity contribution in [1.82, 2.24) is 0 Å². The van der Waals surface area contributed by atoms with E-state index >= 15 is 0 Å². The Bertz CT molecular complexity index is 170. The lowest BCUT2D eigenvalue weighted by molar-refractivity contribution is 0.265. The van der Waals surface area contributed by atoms with Gasteiger partial charge in [0.05, 0.1) is 0 Å². The molecule has 0 aliphatic heterocycles. The van der Waals surface area contributed by atoms with Crippen LogP contribution >= 0.6 is 0 Å². The van der Waals surface area contributed by atoms with Crippen molar-refractivity contribution in [3.05, 3.63) is 12.2 Å². The molecule has 14 heavy (non-hydrogen) atoms. The van der Waals surface area contributed by atoms with E-state index in [0.29, 0.717) is 5.92 Å². The van der Waals surface area contributed by atoms with Crippen LogP contribution in [-0.4, -0.2) is 0 Å². The fourth-order valence-corrected chi connectivity index (χ4v) is 2.45. The Morgan fingerprint density at radius 1 is 1.14 bits per heavy atom. The lowest BCUT2D eigenvalue weighted by Gasteiger charge is -2.28. The minimum absolute atomic E-state index is 0.680. The number of hydrogen-bond donors (Lipinski definition) is 0. The summed E-state index contributed by atoms with van der Waals surface area (Å²) in [4.78, 5) is 0. The predicted octanol–water partition coefficient (Wildman–Crippen LogP) is 4.81. The lowest BCUT2D eigenvalue weighted by atomic mass is 9.77. The first-order chi connectivity index (χ1) is 6.63. The van der Waals surface area contributed by atoms with Crippen molar-refractivity contribution in [2.75, 3.05) is 0 Å². The average Bonchev–Trinajstić information content (AvgIpc) is 2.19. The molecule has 0 atom stereocenters. The summed E-state index contributed by atoms with van der Waals surface area (Å²) in [6.45, 7) is 11.0. The topological polar surface area (TPSA) is 0 Å². The summed E-state index contributed by atoms with van der Waals surface area (Å²) in [5, 5.41) is 0. The molecular formula is C14H26. The third-order valence-electron chi connectivity index (χ3n) is 3.91. The van der Waals surface area contributed by atoms with Gasteiger partial charge in [-0.25, -0.2) is 0 Å². The van der Waals surface area contributed by atoms with Gasteiger partial charge < -0.3 is 0 Å². The second kappa shape index (κ2) is 5.58. The van der Waals surface area contributed by atoms with Crippen LogP contribution in [-0.2, 0) is 0 Å². The second-order valence-corrected chi connectivity index (χ2v) is 5.31. The molecule has 1 saturated carbocycles. The molecule has 0 nitrogen and oxygen atoms in total. The summed E-state index contributed by atoms with van der Waals surface area (Å²) in [6, 6.07) is 0. The molecule has 0 amide bonds. The van der Waals surface area contributed by atoms with Gasteiger partial charge in [-0.2, -0.15) is 0 Å². The largest absolute Gasteiger partial charge is 0.0996 e. The van der Waals surface area contributed by atoms with E-state index in [1.807, 2.05) is 0 Å². The van der Waals surface area contributed by atoms with Crippen molar-refractivity contribution in [2.45, 2.75) is 59.3 Å². The van der Waals surface area contributed by atoms with Gasteiger partial charge in [0.15, 0.2) is 0 Å². The van der Waals surface area contributed by atoms with E-state index in [4.69, 9.17) is 0 Å². The molecule has 0 aromatic heterocycles. The summed E-state index contributed by atoms with van der Waals surface area (Å²) in [7, 11) is 0. The molecule has 1 aliphatic rings. The zero-order chi connectivity index (χ0) is 10.6. The van der Waals surface area contributed by atoms with Crippen LogP contribution in [0.2, 0.25) is 0 Å². The summed E-state index contributed by atoms with van der Waals surface area (Å²) in [6.07, 6.45) is 8.50. The molecule has 1 aliphatic carbocycles. The predicted molar refractivity (Wildman–Crippen MR) is 64.3 cm³/mol. The molecule has 0 unspecified atom stereocenters. The quantitative estimate of drug-likeness (QED) is 0.564. The Balaban J connectivity index is 2.25. The van der Waals surface area contributed by atoms with Crippen LogP contribution in [0, 0.1) is 17.8 Å². The maximum Gasteiger partial charge on any atom is -0.0263 e. The molecule has 0 radical (unpaired) electrons. The maximum atomic E-state index is 4.19. The molecule has 1 rings (SSSR count). The van der Waals surface area contributed by atoms with Gasteiger partial charge in [-0.15, -0.1) is 0 Å². The summed E-state index contributed by atoms with van der Waals surface area (Å²) in [5.74, 6) is 2.66. The number of rotatable bonds is 4. The van der Waals surface area contributed by atoms with E-state index in [2.05, 4.69) is 27.4 Å². The highest BCUT2D eigenvalue weighted by Crippen LogP contribution is 2.34. The zero-order valence-electron chi connectivity index (χ0n) is 10.2. The first-order valence-electron chi connectivity index (χ1n) is 6.31. The van der Waals surface area contributed by atoms with Gasteiger partial charge in [0.25, 0.3) is 0 Å². The second-order valence-electron chi connectivity index (χ2n) is 5.31. The summed E-state index contributed by atoms with van der Waals surface area (Å²) in [5.41, 5.74) is 1.46. The molecule has 0 aromatic carbocycles. The Morgan fingerprint density at radius 3 is 2.07 bits per heavy atom. The van der Waals surface area contributed by atoms with Crippen LogP contribution < -0.4 is 0 Å². The molecule has 0 N–H and O–H groups in total. The van der Waals surface area contributed by atoms with E-state index in [1.54, 1.807) is 0 Å². The third-order valence-corrected chi connectivity index (χ3v) is 3.91. The van der Waals surface area contributed by atoms with Crippen LogP contribution in [0.3, 0.4) is 0 Å². The molecule has 0 spiro atoms. The number of hydrogen-bond acceptors (Lipinski definition) is 0. The van der Waals surface area contributed by atoms with Crippen LogP contribution in [0.5, 0.6) is 0 Å². The Hall–Kier alpha value is -0.260. The van der Waals surface area contributed by atoms with Crippen LogP contribution in [0.4, 0.5) is 0 Å². The first-order valence-corrected chi connectivity index (χ1v) is 6.31. The van der Waals surface area contributed by atoms with Gasteiger partial charge in [0, 0.05) is 0 Å². The smallest absolute Gasteiger partial charge is 0.0263 e. The molecule has 0 heteroatoms. The van der Waals surface area contributed by atoms with Gasteiger partial charge in [-0.05, 0) is 37.0 Å². The van der Waals surface area contributed by atoms with Gasteiger partial charge >= 0.3 is 0 Å². The van der Waals surface area contributed by atoms with E-state index in [-0.39, 0.29) is 0 Å². The average molecular weight is 194 g/mol. The highest BCUT2D eigenvalue weighted by molar-refractivity contribution is 4.99. The maximum absolute atomic E-state index is 4.19. The van der Waals surface area contributed by atoms with Crippen LogP contribution in [0.1, 0.15) is 59.3 Å². The summed E-state index contributed by atoms with van der Waals surface area (Å²) >= 11 is 0. The Morgan fingerprint density at radius 2 is 1.64 bits per heavy atom. The third kappa shape index (κ3) is 3.48. The Kier molecular flexibility index (Phi) is 4.71. The van der Waals surface area contributed by atoms with Gasteiger partial charge in [0.2, 0.25) is 0 Å². The number of allylic oxidation sites excluding steroid dienone is 1. The normalized spacial score (nSPS) is 28.0. The van der Waals surface area contributed by atoms with E-state index in [0.717, 1.165) is 11.8 Å². The molecule has 0 bridgehead atoms. The van der Waals surface area contributed by atoms with E-state index in [9.17, 15) is 0 Å². The standard InChI is InChI=1S/C14H26/c1-5-13-6-8-14(9-7-13)10-12(4)11(2)3/h11,13-14H,4-10H2,1-3H3. The van der Waals surface area contributed by atoms with E-state index < -0.39 is 0 Å². The first kappa shape index (κ1) is 11.8. The molecule has 0 heterocycles. The fourth-order valence-electron chi connectivity index (χ4n) is 2.45. The molecule has 1 fully saturated rings. The minimum atomic E-state index is 0.680. The zero-order valence-corrected chi connectivity index (χ0v) is 10.2. The lowest BCUT2D eigenvalue weighted by Crippen LogP contribution is -2.15. The molecule has 82 valence electrons. The van der Waals surface area contributed by atoms with Crippen molar-refractivity contribution in [2.24, 2.45) is 17.8 Å². The monoisotopic (exact) mass is 194 g/mol. The van der Waals surface area contributed by atoms with Crippen molar-refractivity contribution in [3.63, 3.8) is 0 Å². The highest BCUT2D eigenvalue weighted by atomic mass is 14.3. The van der Waals surface area contributed by atoms with Crippen LogP contribution in [0.15, 0.2) is 12.2 Å². The van der Waals surface area contributed by atoms with Crippen molar-refractivity contribution >= 4 is 0 Å². The highest BCUT2D eigenvalue weighted by Gasteiger charge is 2.20. The SMILES string of the molecule is C=C(CC1CCC(CC)CC1)C(C)C. The van der Waals surface area contributed by atoms with E-state index in [1.165, 1.54) is 44.1 Å². The fraction of sp³-hybridized carbons (Fsp3) is 0.857. The molecule has 0 saturated heterocycles. The minimum Gasteiger partial charge on any atom is -0.0996 e. The van der Waals surface area contributed by atoms with Crippen molar-refractivity contribution in [1.29, 1.82) is 0 Å². The van der Waals surface area contributed by atoms with Gasteiger partial charge in [0.1, 0.15) is 0 Å². The van der Waals surface area contributed by atoms with Gasteiger partial charge in [-0.3, -0.25) is 0 Å². The molecular weight excluding hydrogens is 168 g/mol. The summed E-state index contributed by atoms with van der Waals surface area (Å²) < 4.78 is 0.